The van der Waals surface area contributed by atoms with Gasteiger partial charge >= 0.3 is 0 Å². The fraction of sp³-hybridized carbons (Fsp3) is 0.111. The quantitative estimate of drug-likeness (QED) is 0.216. The summed E-state index contributed by atoms with van der Waals surface area (Å²) in [5.74, 6) is 0.245. The summed E-state index contributed by atoms with van der Waals surface area (Å²) in [7, 11) is 0. The number of hydrogen-bond donors (Lipinski definition) is 3. The molecule has 0 saturated heterocycles. The minimum atomic E-state index is -0.280. The number of aromatic nitrogens is 2. The zero-order valence-electron chi connectivity index (χ0n) is 14.5. The van der Waals surface area contributed by atoms with Crippen LogP contribution >= 0.6 is 34.9 Å². The number of phenolic OH excluding ortho intramolecular Hbond substituents is 2. The molecular formula is C18H16N4O3S3. The lowest BCUT2D eigenvalue weighted by atomic mass is 10.2. The molecule has 28 heavy (non-hydrogen) atoms. The van der Waals surface area contributed by atoms with Crippen LogP contribution in [0, 0.1) is 0 Å². The van der Waals surface area contributed by atoms with Gasteiger partial charge in [0.25, 0.3) is 5.91 Å². The minimum Gasteiger partial charge on any atom is -0.504 e. The van der Waals surface area contributed by atoms with Gasteiger partial charge < -0.3 is 10.2 Å². The average Bonchev–Trinajstić information content (AvgIpc) is 3.16. The molecule has 0 aliphatic carbocycles. The SMILES string of the molecule is O=C(CSc1nnc(SCc2ccccc2)s1)N/N=C\c1ccc(O)c(O)c1. The number of nitrogens with one attached hydrogen (secondary N) is 1. The summed E-state index contributed by atoms with van der Waals surface area (Å²) in [5, 5.41) is 30.7. The molecule has 0 bridgehead atoms. The van der Waals surface area contributed by atoms with Gasteiger partial charge in [0.05, 0.1) is 12.0 Å². The molecule has 144 valence electrons. The van der Waals surface area contributed by atoms with E-state index in [0.717, 1.165) is 14.4 Å². The zero-order valence-corrected chi connectivity index (χ0v) is 16.9. The van der Waals surface area contributed by atoms with Crippen LogP contribution in [-0.2, 0) is 10.5 Å². The number of aromatic hydroxyl groups is 2. The van der Waals surface area contributed by atoms with E-state index in [9.17, 15) is 15.0 Å². The van der Waals surface area contributed by atoms with E-state index in [1.165, 1.54) is 47.0 Å². The monoisotopic (exact) mass is 432 g/mol. The zero-order chi connectivity index (χ0) is 19.8. The lowest BCUT2D eigenvalue weighted by Crippen LogP contribution is -2.19. The molecule has 0 fully saturated rings. The number of hydrazone groups is 1. The van der Waals surface area contributed by atoms with Crippen LogP contribution < -0.4 is 5.43 Å². The van der Waals surface area contributed by atoms with Gasteiger partial charge in [-0.25, -0.2) is 5.43 Å². The Labute approximate surface area is 173 Å². The van der Waals surface area contributed by atoms with E-state index in [1.807, 2.05) is 18.2 Å². The van der Waals surface area contributed by atoms with Crippen LogP contribution in [0.2, 0.25) is 0 Å². The maximum atomic E-state index is 11.9. The number of rotatable bonds is 8. The van der Waals surface area contributed by atoms with Gasteiger partial charge in [-0.15, -0.1) is 10.2 Å². The molecule has 1 amide bonds. The predicted molar refractivity (Wildman–Crippen MR) is 112 cm³/mol. The number of carbonyl (C=O) groups excluding carboxylic acids is 1. The van der Waals surface area contributed by atoms with Gasteiger partial charge in [-0.2, -0.15) is 5.10 Å². The van der Waals surface area contributed by atoms with Gasteiger partial charge in [-0.05, 0) is 29.3 Å². The molecule has 3 aromatic rings. The highest BCUT2D eigenvalue weighted by molar-refractivity contribution is 8.03. The van der Waals surface area contributed by atoms with E-state index < -0.39 is 0 Å². The minimum absolute atomic E-state index is 0.163. The molecule has 0 atom stereocenters. The average molecular weight is 433 g/mol. The third kappa shape index (κ3) is 6.25. The molecule has 1 heterocycles. The molecule has 3 N–H and O–H groups in total. The van der Waals surface area contributed by atoms with Gasteiger partial charge in [0.15, 0.2) is 20.2 Å². The lowest BCUT2D eigenvalue weighted by molar-refractivity contribution is -0.118. The molecule has 2 aromatic carbocycles. The van der Waals surface area contributed by atoms with Crippen LogP contribution in [0.5, 0.6) is 11.5 Å². The Morgan fingerprint density at radius 1 is 1.07 bits per heavy atom. The Bertz CT molecular complexity index is 964. The smallest absolute Gasteiger partial charge is 0.250 e. The number of amides is 1. The number of hydrogen-bond acceptors (Lipinski definition) is 9. The van der Waals surface area contributed by atoms with Crippen molar-refractivity contribution in [1.82, 2.24) is 15.6 Å². The highest BCUT2D eigenvalue weighted by Gasteiger charge is 2.08. The molecule has 1 aromatic heterocycles. The van der Waals surface area contributed by atoms with Gasteiger partial charge in [0, 0.05) is 5.75 Å². The first-order valence-electron chi connectivity index (χ1n) is 8.07. The normalized spacial score (nSPS) is 11.0. The fourth-order valence-corrected chi connectivity index (χ4v) is 4.76. The van der Waals surface area contributed by atoms with Crippen molar-refractivity contribution in [3.05, 3.63) is 59.7 Å². The molecule has 7 nitrogen and oxygen atoms in total. The summed E-state index contributed by atoms with van der Waals surface area (Å²) in [6.45, 7) is 0. The van der Waals surface area contributed by atoms with Crippen molar-refractivity contribution >= 4 is 47.0 Å². The first-order valence-corrected chi connectivity index (χ1v) is 10.9. The van der Waals surface area contributed by atoms with Crippen LogP contribution in [0.1, 0.15) is 11.1 Å². The van der Waals surface area contributed by atoms with Crippen molar-refractivity contribution < 1.29 is 15.0 Å². The van der Waals surface area contributed by atoms with Crippen LogP contribution in [-0.4, -0.2) is 38.3 Å². The number of benzene rings is 2. The molecule has 0 aliphatic rings. The Balaban J connectivity index is 1.41. The molecule has 0 radical (unpaired) electrons. The summed E-state index contributed by atoms with van der Waals surface area (Å²) in [6, 6.07) is 14.4. The second-order valence-electron chi connectivity index (χ2n) is 5.44. The van der Waals surface area contributed by atoms with Crippen LogP contribution in [0.25, 0.3) is 0 Å². The molecule has 10 heteroatoms. The third-order valence-corrected chi connectivity index (χ3v) is 6.58. The van der Waals surface area contributed by atoms with E-state index in [4.69, 9.17) is 0 Å². The Morgan fingerprint density at radius 3 is 2.57 bits per heavy atom. The van der Waals surface area contributed by atoms with E-state index in [-0.39, 0.29) is 23.2 Å². The topological polar surface area (TPSA) is 108 Å². The van der Waals surface area contributed by atoms with Crippen molar-refractivity contribution in [1.29, 1.82) is 0 Å². The van der Waals surface area contributed by atoms with Crippen molar-refractivity contribution in [2.24, 2.45) is 5.10 Å². The van der Waals surface area contributed by atoms with Crippen molar-refractivity contribution in [2.45, 2.75) is 14.4 Å². The number of phenols is 2. The summed E-state index contributed by atoms with van der Waals surface area (Å²) in [4.78, 5) is 11.9. The van der Waals surface area contributed by atoms with E-state index in [0.29, 0.717) is 5.56 Å². The second-order valence-corrected chi connectivity index (χ2v) is 8.86. The lowest BCUT2D eigenvalue weighted by Gasteiger charge is -1.99. The van der Waals surface area contributed by atoms with E-state index >= 15 is 0 Å². The summed E-state index contributed by atoms with van der Waals surface area (Å²) in [6.07, 6.45) is 1.38. The van der Waals surface area contributed by atoms with Gasteiger partial charge in [-0.3, -0.25) is 4.79 Å². The molecule has 0 saturated carbocycles. The molecular weight excluding hydrogens is 416 g/mol. The maximum absolute atomic E-state index is 11.9. The second kappa shape index (κ2) is 10.1. The highest BCUT2D eigenvalue weighted by Crippen LogP contribution is 2.30. The third-order valence-electron chi connectivity index (χ3n) is 3.32. The Morgan fingerprint density at radius 2 is 1.82 bits per heavy atom. The molecule has 0 unspecified atom stereocenters. The molecule has 0 spiro atoms. The first kappa shape index (κ1) is 20.2. The van der Waals surface area contributed by atoms with Crippen molar-refractivity contribution in [2.75, 3.05) is 5.75 Å². The number of carbonyl (C=O) groups is 1. The molecule has 3 rings (SSSR count). The van der Waals surface area contributed by atoms with Gasteiger partial charge in [-0.1, -0.05) is 65.2 Å². The number of nitrogens with zero attached hydrogens (tertiary/aromatic N) is 3. The molecule has 0 aliphatic heterocycles. The Kier molecular flexibility index (Phi) is 7.29. The van der Waals surface area contributed by atoms with Gasteiger partial charge in [0.1, 0.15) is 0 Å². The maximum Gasteiger partial charge on any atom is 0.250 e. The van der Waals surface area contributed by atoms with Crippen LogP contribution in [0.15, 0.2) is 62.3 Å². The van der Waals surface area contributed by atoms with Crippen LogP contribution in [0.4, 0.5) is 0 Å². The fourth-order valence-electron chi connectivity index (χ4n) is 1.99. The summed E-state index contributed by atoms with van der Waals surface area (Å²) < 4.78 is 1.58. The summed E-state index contributed by atoms with van der Waals surface area (Å²) >= 11 is 4.36. The largest absolute Gasteiger partial charge is 0.504 e. The highest BCUT2D eigenvalue weighted by atomic mass is 32.2. The Hall–Kier alpha value is -2.56. The van der Waals surface area contributed by atoms with E-state index in [1.54, 1.807) is 17.8 Å². The first-order chi connectivity index (χ1) is 13.6. The van der Waals surface area contributed by atoms with Crippen molar-refractivity contribution in [3.8, 4) is 11.5 Å². The van der Waals surface area contributed by atoms with Crippen molar-refractivity contribution in [3.63, 3.8) is 0 Å². The number of thioether (sulfide) groups is 2. The van der Waals surface area contributed by atoms with Gasteiger partial charge in [0.2, 0.25) is 0 Å². The summed E-state index contributed by atoms with van der Waals surface area (Å²) in [5.41, 5.74) is 4.17. The predicted octanol–water partition coefficient (Wildman–Crippen LogP) is 3.48. The van der Waals surface area contributed by atoms with E-state index in [2.05, 4.69) is 32.9 Å². The van der Waals surface area contributed by atoms with Crippen LogP contribution in [0.3, 0.4) is 0 Å². The standard InChI is InChI=1S/C18H16N4O3S3/c23-14-7-6-13(8-15(14)24)9-19-20-16(25)11-27-18-22-21-17(28-18)26-10-12-4-2-1-3-5-12/h1-9,23-24H,10-11H2,(H,20,25)/b19-9-.